The molecule has 0 atom stereocenters. The van der Waals surface area contributed by atoms with Crippen molar-refractivity contribution in [3.8, 4) is 41.6 Å². The molecule has 0 bridgehead atoms. The maximum atomic E-state index is 14.5. The number of sulfonamides is 2. The van der Waals surface area contributed by atoms with E-state index in [2.05, 4.69) is 74.2 Å². The minimum absolute atomic E-state index is 0.0913. The van der Waals surface area contributed by atoms with Gasteiger partial charge in [-0.1, -0.05) is 31.9 Å². The Hall–Kier alpha value is -10.2. The standard InChI is InChI=1S/C18H17FN4O2S.C15H18N6O6S.C14H10F4N4O7S.C3H8NO5P/c1-4-5-22-13-7-12(11(19)6-14(13)25-9-16(22)24)20-17-23-10-18(2,3)8-15(23)21-26-17;1-21(2)13(22)9-6-5-7-16-12(9)28(24,25)20-15(23)19-14-17-10(26-3)8-11(18-14)27-4;15-11(16)28-8-5-9(29-12(17)18)20-13(19-8)21-14(25)22-30(26,27)7-4-2-1-3-6(7)10(23)24;5-3(6)1-4-2-10(7,8)9/h1,6-7H,5,8-10H2,2-3H3;5-8H,1-4H3,(H2,17,18,19,20,23);1-5,11-12H,(H,23,24)(H2,19,20,21,22,25);4H,1-2H2,(H,5,6)(H2,7,8,9). The summed E-state index contributed by atoms with van der Waals surface area (Å²) in [6.45, 7) is -2.20. The van der Waals surface area contributed by atoms with Crippen molar-refractivity contribution in [3.05, 3.63) is 94.4 Å². The fraction of sp³-hybridized carbons (Fsp3) is 0.300. The minimum atomic E-state index is -4.71. The summed E-state index contributed by atoms with van der Waals surface area (Å²) < 4.78 is 156. The number of alkyl halides is 4. The number of aliphatic carboxylic acids is 1. The number of benzene rings is 2. The lowest BCUT2D eigenvalue weighted by Gasteiger charge is -2.28. The molecule has 8 rings (SSSR count). The van der Waals surface area contributed by atoms with E-state index in [4.69, 9.17) is 40.6 Å². The number of fused-ring (bicyclic) bond motifs is 2. The van der Waals surface area contributed by atoms with E-state index >= 15 is 0 Å². The molecule has 2 aromatic carbocycles. The number of methoxy groups -OCH3 is 2. The molecular formula is C50H53F5N15O20PS3. The first-order valence-electron chi connectivity index (χ1n) is 25.6. The third-order valence-electron chi connectivity index (χ3n) is 11.2. The number of rotatable bonds is 20. The van der Waals surface area contributed by atoms with Crippen molar-refractivity contribution in [3.63, 3.8) is 0 Å². The Morgan fingerprint density at radius 2 is 1.40 bits per heavy atom. The number of nitrogens with zero attached hydrogens (tertiary/aromatic N) is 10. The summed E-state index contributed by atoms with van der Waals surface area (Å²) >= 11 is 1.24. The number of carboxylic acids is 2. The number of pyridine rings is 1. The van der Waals surface area contributed by atoms with Gasteiger partial charge in [0.1, 0.15) is 22.2 Å². The van der Waals surface area contributed by atoms with Crippen molar-refractivity contribution in [2.75, 3.05) is 69.8 Å². The van der Waals surface area contributed by atoms with Crippen LogP contribution in [0.15, 0.2) is 81.8 Å². The van der Waals surface area contributed by atoms with Crippen LogP contribution in [-0.2, 0) is 47.2 Å². The van der Waals surface area contributed by atoms with E-state index in [0.717, 1.165) is 30.9 Å². The predicted molar refractivity (Wildman–Crippen MR) is 313 cm³/mol. The van der Waals surface area contributed by atoms with Gasteiger partial charge in [-0.2, -0.15) is 50.3 Å². The van der Waals surface area contributed by atoms with Crippen molar-refractivity contribution >= 4 is 98.3 Å². The first kappa shape index (κ1) is 74.5. The molecule has 2 aliphatic heterocycles. The Kier molecular flexibility index (Phi) is 25.6. The van der Waals surface area contributed by atoms with Crippen LogP contribution in [0.1, 0.15) is 40.4 Å². The zero-order chi connectivity index (χ0) is 70.0. The monoisotopic (exact) mass is 1410 g/mol. The van der Waals surface area contributed by atoms with E-state index in [1.54, 1.807) is 10.0 Å². The summed E-state index contributed by atoms with van der Waals surface area (Å²) in [5.74, 6) is -3.34. The molecule has 35 nitrogen and oxygen atoms in total. The highest BCUT2D eigenvalue weighted by molar-refractivity contribution is 7.90. The maximum absolute atomic E-state index is 14.5. The summed E-state index contributed by atoms with van der Waals surface area (Å²) in [4.78, 5) is 110. The van der Waals surface area contributed by atoms with Crippen molar-refractivity contribution in [1.29, 1.82) is 0 Å². The number of hydrogen-bond acceptors (Lipinski definition) is 25. The molecule has 94 heavy (non-hydrogen) atoms. The fourth-order valence-corrected chi connectivity index (χ4v) is 10.8. The first-order valence-corrected chi connectivity index (χ1v) is 31.2. The largest absolute Gasteiger partial charge is 0.481 e. The molecule has 9 N–H and O–H groups in total. The molecule has 0 saturated heterocycles. The van der Waals surface area contributed by atoms with Crippen LogP contribution >= 0.6 is 19.1 Å². The molecule has 2 aliphatic rings. The minimum Gasteiger partial charge on any atom is -0.481 e. The number of carboxylic acid groups (broad SMARTS) is 2. The second kappa shape index (κ2) is 32.3. The number of carbonyl (C=O) groups is 6. The van der Waals surface area contributed by atoms with Gasteiger partial charge in [0.05, 0.1) is 62.5 Å². The second-order valence-electron chi connectivity index (χ2n) is 19.2. The first-order chi connectivity index (χ1) is 43.9. The Morgan fingerprint density at radius 1 is 0.851 bits per heavy atom. The molecule has 506 valence electrons. The maximum Gasteiger partial charge on any atom is 0.388 e. The quantitative estimate of drug-likeness (QED) is 0.0301. The highest BCUT2D eigenvalue weighted by atomic mass is 32.2. The number of amides is 6. The molecule has 6 aromatic rings. The SMILES string of the molecule is C#CCN1C(=O)COc2cc(F)c(N=c3snc4n3CC(C)(C)C4)cc21.COc1cc(OC)nc(NC(=O)NS(=O)(=O)c2ncccc2C(=O)N(C)C)n1.O=C(Nc1nc(OC(F)F)cc(OC(F)F)n1)NS(=O)(=O)c1ccccc1C(=O)O.O=C(O)CNCP(=O)(O)O. The smallest absolute Gasteiger partial charge is 0.388 e. The molecule has 6 amide bonds. The van der Waals surface area contributed by atoms with Crippen LogP contribution < -0.4 is 58.8 Å². The van der Waals surface area contributed by atoms with Gasteiger partial charge >= 0.3 is 44.8 Å². The van der Waals surface area contributed by atoms with E-state index in [1.807, 2.05) is 4.57 Å². The van der Waals surface area contributed by atoms with Crippen LogP contribution in [0.2, 0.25) is 0 Å². The number of carbonyl (C=O) groups excluding carboxylic acids is 4. The van der Waals surface area contributed by atoms with Gasteiger partial charge in [-0.15, -0.1) is 6.42 Å². The molecular weight excluding hydrogens is 1350 g/mol. The molecule has 0 spiro atoms. The van der Waals surface area contributed by atoms with E-state index in [-0.39, 0.29) is 53.4 Å². The molecule has 4 aromatic heterocycles. The van der Waals surface area contributed by atoms with Gasteiger partial charge in [-0.05, 0) is 35.7 Å². The lowest BCUT2D eigenvalue weighted by molar-refractivity contribution is -0.135. The van der Waals surface area contributed by atoms with E-state index in [9.17, 15) is 72.1 Å². The number of anilines is 3. The van der Waals surface area contributed by atoms with Gasteiger partial charge in [0.2, 0.25) is 40.2 Å². The Balaban J connectivity index is 0.000000238. The number of nitrogens with one attached hydrogen (secondary N) is 5. The van der Waals surface area contributed by atoms with Crippen LogP contribution in [0.5, 0.6) is 29.3 Å². The van der Waals surface area contributed by atoms with Gasteiger partial charge in [0, 0.05) is 50.9 Å². The van der Waals surface area contributed by atoms with Crippen LogP contribution in [0.3, 0.4) is 0 Å². The van der Waals surface area contributed by atoms with Gasteiger partial charge in [0.25, 0.3) is 31.9 Å². The number of terminal acetylenes is 1. The lowest BCUT2D eigenvalue weighted by atomic mass is 9.92. The average Bonchev–Trinajstić information content (AvgIpc) is 1.80. The number of urea groups is 2. The topological polar surface area (TPSA) is 476 Å². The molecule has 0 radical (unpaired) electrons. The normalized spacial score (nSPS) is 13.1. The Labute approximate surface area is 531 Å². The third-order valence-corrected chi connectivity index (χ3v) is 15.3. The van der Waals surface area contributed by atoms with E-state index < -0.39 is 123 Å². The summed E-state index contributed by atoms with van der Waals surface area (Å²) in [6.07, 6.45) is 6.81. The fourth-order valence-electron chi connectivity index (χ4n) is 7.47. The summed E-state index contributed by atoms with van der Waals surface area (Å²) in [6, 6.07) is 8.88. The number of halogens is 5. The summed E-state index contributed by atoms with van der Waals surface area (Å²) in [5, 5.41) is 22.4. The molecule has 44 heteroatoms. The second-order valence-corrected chi connectivity index (χ2v) is 24.8. The molecule has 0 fully saturated rings. The van der Waals surface area contributed by atoms with Gasteiger partial charge < -0.3 is 53.2 Å². The molecule has 0 aliphatic carbocycles. The van der Waals surface area contributed by atoms with Crippen LogP contribution in [0.25, 0.3) is 0 Å². The summed E-state index contributed by atoms with van der Waals surface area (Å²) in [7, 11) is -7.66. The highest BCUT2D eigenvalue weighted by Crippen LogP contribution is 2.38. The number of aromatic carboxylic acids is 1. The number of aromatic nitrogens is 7. The zero-order valence-corrected chi connectivity index (χ0v) is 52.5. The molecule has 6 heterocycles. The van der Waals surface area contributed by atoms with Crippen molar-refractivity contribution in [2.24, 2.45) is 10.4 Å². The number of ether oxygens (including phenoxy) is 5. The van der Waals surface area contributed by atoms with Crippen LogP contribution in [0, 0.1) is 23.6 Å². The van der Waals surface area contributed by atoms with E-state index in [0.29, 0.717) is 22.3 Å². The predicted octanol–water partition coefficient (Wildman–Crippen LogP) is 3.04. The Morgan fingerprint density at radius 3 is 1.94 bits per heavy atom. The molecule has 0 unspecified atom stereocenters. The summed E-state index contributed by atoms with van der Waals surface area (Å²) in [5.41, 5.74) is -0.154. The molecule has 0 saturated carbocycles. The zero-order valence-electron chi connectivity index (χ0n) is 49.2. The van der Waals surface area contributed by atoms with Crippen molar-refractivity contribution < 1.29 is 116 Å². The van der Waals surface area contributed by atoms with Crippen molar-refractivity contribution in [2.45, 2.75) is 50.0 Å². The van der Waals surface area contributed by atoms with Crippen molar-refractivity contribution in [1.82, 2.24) is 53.5 Å². The average molecular weight is 1410 g/mol. The number of hydrogen-bond donors (Lipinski definition) is 9. The lowest BCUT2D eigenvalue weighted by Crippen LogP contribution is -2.39. The van der Waals surface area contributed by atoms with E-state index in [1.165, 1.54) is 103 Å². The van der Waals surface area contributed by atoms with Crippen LogP contribution in [-0.4, -0.2) is 179 Å². The van der Waals surface area contributed by atoms with Gasteiger partial charge in [-0.25, -0.2) is 46.6 Å². The Bertz CT molecular complexity index is 4170. The van der Waals surface area contributed by atoms with Gasteiger partial charge in [0.15, 0.2) is 17.5 Å². The van der Waals surface area contributed by atoms with Crippen LogP contribution in [0.4, 0.5) is 54.8 Å². The van der Waals surface area contributed by atoms with Gasteiger partial charge in [-0.3, -0.25) is 39.8 Å². The highest BCUT2D eigenvalue weighted by Gasteiger charge is 2.33. The third kappa shape index (κ3) is 22.0.